The maximum absolute atomic E-state index is 12.4. The second-order valence-electron chi connectivity index (χ2n) is 5.54. The quantitative estimate of drug-likeness (QED) is 0.798. The highest BCUT2D eigenvalue weighted by molar-refractivity contribution is 6.19. The van der Waals surface area contributed by atoms with Crippen LogP contribution in [0.15, 0.2) is 30.3 Å². The summed E-state index contributed by atoms with van der Waals surface area (Å²) in [6.45, 7) is 5.58. The number of hydrogen-bond donors (Lipinski definition) is 0. The minimum atomic E-state index is -0.514. The zero-order valence-electron chi connectivity index (χ0n) is 11.4. The van der Waals surface area contributed by atoms with Crippen LogP contribution in [0.4, 0.5) is 0 Å². The van der Waals surface area contributed by atoms with Gasteiger partial charge in [0.05, 0.1) is 18.6 Å². The van der Waals surface area contributed by atoms with Gasteiger partial charge < -0.3 is 9.64 Å². The average Bonchev–Trinajstić information content (AvgIpc) is 2.47. The summed E-state index contributed by atoms with van der Waals surface area (Å²) in [5.74, 6) is 0.436. The number of rotatable bonds is 3. The van der Waals surface area contributed by atoms with Crippen molar-refractivity contribution in [3.05, 3.63) is 35.9 Å². The number of morpholine rings is 1. The molecule has 0 radical (unpaired) electrons. The molecule has 2 rings (SSSR count). The molecule has 1 fully saturated rings. The van der Waals surface area contributed by atoms with Gasteiger partial charge in [0.1, 0.15) is 6.10 Å². The van der Waals surface area contributed by atoms with Gasteiger partial charge in [-0.3, -0.25) is 4.79 Å². The van der Waals surface area contributed by atoms with Gasteiger partial charge in [-0.2, -0.15) is 0 Å². The number of carbonyl (C=O) groups excluding carboxylic acids is 1. The van der Waals surface area contributed by atoms with E-state index in [0.29, 0.717) is 25.6 Å². The molecule has 0 saturated carbocycles. The van der Waals surface area contributed by atoms with E-state index in [1.165, 1.54) is 0 Å². The van der Waals surface area contributed by atoms with Crippen LogP contribution in [-0.2, 0) is 9.53 Å². The molecule has 0 aromatic heterocycles. The van der Waals surface area contributed by atoms with E-state index < -0.39 is 5.41 Å². The van der Waals surface area contributed by atoms with E-state index in [4.69, 9.17) is 16.3 Å². The molecule has 1 amide bonds. The van der Waals surface area contributed by atoms with Crippen molar-refractivity contribution in [3.8, 4) is 0 Å². The summed E-state index contributed by atoms with van der Waals surface area (Å²) in [5, 5.41) is 0. The summed E-state index contributed by atoms with van der Waals surface area (Å²) in [6.07, 6.45) is -0.0370. The van der Waals surface area contributed by atoms with Crippen LogP contribution < -0.4 is 0 Å². The van der Waals surface area contributed by atoms with E-state index in [0.717, 1.165) is 5.56 Å². The minimum Gasteiger partial charge on any atom is -0.370 e. The third kappa shape index (κ3) is 3.28. The number of alkyl halides is 1. The smallest absolute Gasteiger partial charge is 0.229 e. The van der Waals surface area contributed by atoms with Gasteiger partial charge in [0, 0.05) is 12.4 Å². The molecule has 1 saturated heterocycles. The van der Waals surface area contributed by atoms with Crippen molar-refractivity contribution in [2.24, 2.45) is 5.41 Å². The van der Waals surface area contributed by atoms with Crippen molar-refractivity contribution in [1.29, 1.82) is 0 Å². The van der Waals surface area contributed by atoms with E-state index >= 15 is 0 Å². The Morgan fingerprint density at radius 3 is 2.74 bits per heavy atom. The van der Waals surface area contributed by atoms with Gasteiger partial charge in [-0.25, -0.2) is 0 Å². The number of halogens is 1. The summed E-state index contributed by atoms with van der Waals surface area (Å²) >= 11 is 5.88. The van der Waals surface area contributed by atoms with Crippen molar-refractivity contribution in [3.63, 3.8) is 0 Å². The predicted molar refractivity (Wildman–Crippen MR) is 76.2 cm³/mol. The Balaban J connectivity index is 2.08. The van der Waals surface area contributed by atoms with Crippen LogP contribution in [0.2, 0.25) is 0 Å². The predicted octanol–water partition coefficient (Wildman–Crippen LogP) is 2.85. The molecule has 3 nitrogen and oxygen atoms in total. The van der Waals surface area contributed by atoms with Gasteiger partial charge in [-0.1, -0.05) is 30.3 Å². The normalized spacial score (nSPS) is 20.4. The Hall–Kier alpha value is -1.06. The van der Waals surface area contributed by atoms with E-state index in [2.05, 4.69) is 0 Å². The Morgan fingerprint density at radius 1 is 1.42 bits per heavy atom. The van der Waals surface area contributed by atoms with Crippen molar-refractivity contribution < 1.29 is 9.53 Å². The molecule has 1 atom stereocenters. The van der Waals surface area contributed by atoms with Crippen LogP contribution in [-0.4, -0.2) is 36.4 Å². The highest BCUT2D eigenvalue weighted by Crippen LogP contribution is 2.26. The monoisotopic (exact) mass is 281 g/mol. The number of benzene rings is 1. The summed E-state index contributed by atoms with van der Waals surface area (Å²) < 4.78 is 5.76. The summed E-state index contributed by atoms with van der Waals surface area (Å²) in [4.78, 5) is 14.3. The Kier molecular flexibility index (Phi) is 4.48. The van der Waals surface area contributed by atoms with Crippen LogP contribution in [0, 0.1) is 5.41 Å². The number of ether oxygens (including phenoxy) is 1. The standard InChI is InChI=1S/C15H20ClNO2/c1-15(2,11-16)14(18)17-8-9-19-13(10-17)12-6-4-3-5-7-12/h3-7,13H,8-11H2,1-2H3. The van der Waals surface area contributed by atoms with Crippen molar-refractivity contribution in [2.45, 2.75) is 20.0 Å². The molecule has 1 aromatic carbocycles. The molecule has 104 valence electrons. The molecular weight excluding hydrogens is 262 g/mol. The number of nitrogens with zero attached hydrogens (tertiary/aromatic N) is 1. The molecule has 1 aliphatic rings. The number of hydrogen-bond acceptors (Lipinski definition) is 2. The molecule has 0 bridgehead atoms. The number of carbonyl (C=O) groups is 1. The molecule has 0 N–H and O–H groups in total. The van der Waals surface area contributed by atoms with Crippen LogP contribution in [0.5, 0.6) is 0 Å². The highest BCUT2D eigenvalue weighted by Gasteiger charge is 2.34. The van der Waals surface area contributed by atoms with Crippen LogP contribution in [0.1, 0.15) is 25.5 Å². The van der Waals surface area contributed by atoms with Gasteiger partial charge in [-0.15, -0.1) is 11.6 Å². The lowest BCUT2D eigenvalue weighted by Crippen LogP contribution is -2.48. The fourth-order valence-electron chi connectivity index (χ4n) is 2.19. The van der Waals surface area contributed by atoms with Gasteiger partial charge in [-0.05, 0) is 19.4 Å². The Labute approximate surface area is 119 Å². The lowest BCUT2D eigenvalue weighted by atomic mass is 9.93. The lowest BCUT2D eigenvalue weighted by molar-refractivity contribution is -0.147. The zero-order valence-corrected chi connectivity index (χ0v) is 12.2. The Morgan fingerprint density at radius 2 is 2.11 bits per heavy atom. The third-order valence-corrected chi connectivity index (χ3v) is 4.11. The molecule has 1 heterocycles. The molecule has 1 aliphatic heterocycles. The SMILES string of the molecule is CC(C)(CCl)C(=O)N1CCOC(c2ccccc2)C1. The fraction of sp³-hybridized carbons (Fsp3) is 0.533. The Bertz CT molecular complexity index is 433. The van der Waals surface area contributed by atoms with Crippen molar-refractivity contribution >= 4 is 17.5 Å². The van der Waals surface area contributed by atoms with Crippen LogP contribution in [0.25, 0.3) is 0 Å². The van der Waals surface area contributed by atoms with Gasteiger partial charge >= 0.3 is 0 Å². The molecule has 0 aliphatic carbocycles. The molecule has 1 aromatic rings. The topological polar surface area (TPSA) is 29.5 Å². The first-order chi connectivity index (χ1) is 9.04. The fourth-order valence-corrected chi connectivity index (χ4v) is 2.30. The largest absolute Gasteiger partial charge is 0.370 e. The second kappa shape index (κ2) is 5.93. The van der Waals surface area contributed by atoms with E-state index in [1.54, 1.807) is 0 Å². The van der Waals surface area contributed by atoms with Crippen molar-refractivity contribution in [2.75, 3.05) is 25.6 Å². The molecule has 4 heteroatoms. The summed E-state index contributed by atoms with van der Waals surface area (Å²) in [5.41, 5.74) is 0.601. The number of amides is 1. The highest BCUT2D eigenvalue weighted by atomic mass is 35.5. The third-order valence-electron chi connectivity index (χ3n) is 3.44. The summed E-state index contributed by atoms with van der Waals surface area (Å²) in [7, 11) is 0. The van der Waals surface area contributed by atoms with E-state index in [9.17, 15) is 4.79 Å². The minimum absolute atomic E-state index is 0.0370. The van der Waals surface area contributed by atoms with E-state index in [-0.39, 0.29) is 12.0 Å². The zero-order chi connectivity index (χ0) is 13.9. The van der Waals surface area contributed by atoms with Crippen LogP contribution >= 0.6 is 11.6 Å². The molecule has 0 spiro atoms. The van der Waals surface area contributed by atoms with Gasteiger partial charge in [0.15, 0.2) is 0 Å². The van der Waals surface area contributed by atoms with Gasteiger partial charge in [0.2, 0.25) is 5.91 Å². The lowest BCUT2D eigenvalue weighted by Gasteiger charge is -2.37. The molecule has 1 unspecified atom stereocenters. The first-order valence-electron chi connectivity index (χ1n) is 6.56. The molecular formula is C15H20ClNO2. The second-order valence-corrected chi connectivity index (χ2v) is 5.81. The van der Waals surface area contributed by atoms with Crippen LogP contribution in [0.3, 0.4) is 0 Å². The average molecular weight is 282 g/mol. The van der Waals surface area contributed by atoms with E-state index in [1.807, 2.05) is 49.1 Å². The molecule has 19 heavy (non-hydrogen) atoms. The summed E-state index contributed by atoms with van der Waals surface area (Å²) in [6, 6.07) is 10.0. The van der Waals surface area contributed by atoms with Gasteiger partial charge in [0.25, 0.3) is 0 Å². The maximum atomic E-state index is 12.4. The maximum Gasteiger partial charge on any atom is 0.229 e. The first-order valence-corrected chi connectivity index (χ1v) is 7.10. The van der Waals surface area contributed by atoms with Crippen molar-refractivity contribution in [1.82, 2.24) is 4.90 Å². The first kappa shape index (κ1) is 14.4.